The lowest BCUT2D eigenvalue weighted by molar-refractivity contribution is 0.0975. The molecule has 2 aliphatic heterocycles. The molecule has 1 aromatic carbocycles. The molecule has 0 atom stereocenters. The zero-order valence-electron chi connectivity index (χ0n) is 10.2. The summed E-state index contributed by atoms with van der Waals surface area (Å²) in [6.07, 6.45) is 5.63. The van der Waals surface area contributed by atoms with E-state index in [1.54, 1.807) is 23.7 Å². The average molecular weight is 271 g/mol. The van der Waals surface area contributed by atoms with E-state index in [1.165, 1.54) is 21.3 Å². The Kier molecular flexibility index (Phi) is 2.29. The quantitative estimate of drug-likeness (QED) is 0.690. The van der Waals surface area contributed by atoms with Crippen molar-refractivity contribution in [3.63, 3.8) is 0 Å². The Morgan fingerprint density at radius 2 is 2.05 bits per heavy atom. The Morgan fingerprint density at radius 3 is 3.00 bits per heavy atom. The van der Waals surface area contributed by atoms with Gasteiger partial charge in [-0.25, -0.2) is 0 Å². The summed E-state index contributed by atoms with van der Waals surface area (Å²) in [4.78, 5) is 12.8. The maximum Gasteiger partial charge on any atom is 0.267 e. The topological polar surface area (TPSA) is 53.2 Å². The van der Waals surface area contributed by atoms with E-state index >= 15 is 0 Å². The van der Waals surface area contributed by atoms with Crippen LogP contribution < -0.4 is 16.0 Å². The molecule has 0 bridgehead atoms. The fourth-order valence-corrected chi connectivity index (χ4v) is 3.88. The first-order valence-electron chi connectivity index (χ1n) is 6.39. The van der Waals surface area contributed by atoms with Crippen molar-refractivity contribution < 1.29 is 4.79 Å². The molecule has 4 nitrogen and oxygen atoms in total. The predicted molar refractivity (Wildman–Crippen MR) is 78.9 cm³/mol. The molecule has 0 aliphatic carbocycles. The van der Waals surface area contributed by atoms with Crippen LogP contribution in [0, 0.1) is 0 Å². The minimum atomic E-state index is -0.0324. The predicted octanol–water partition coefficient (Wildman–Crippen LogP) is 2.89. The van der Waals surface area contributed by atoms with Crippen LogP contribution in [-0.2, 0) is 6.42 Å². The molecule has 0 radical (unpaired) electrons. The number of hydrogen-bond donors (Lipinski definition) is 3. The van der Waals surface area contributed by atoms with E-state index < -0.39 is 0 Å². The zero-order chi connectivity index (χ0) is 12.8. The smallest absolute Gasteiger partial charge is 0.267 e. The van der Waals surface area contributed by atoms with E-state index in [2.05, 4.69) is 28.1 Å². The van der Waals surface area contributed by atoms with Gasteiger partial charge in [0.2, 0.25) is 0 Å². The monoisotopic (exact) mass is 271 g/mol. The normalized spacial score (nSPS) is 16.9. The summed E-state index contributed by atoms with van der Waals surface area (Å²) in [5.41, 5.74) is 3.48. The lowest BCUT2D eigenvalue weighted by Crippen LogP contribution is -2.14. The third-order valence-corrected chi connectivity index (χ3v) is 4.77. The van der Waals surface area contributed by atoms with Crippen molar-refractivity contribution in [2.24, 2.45) is 0 Å². The number of carbonyl (C=O) groups is 1. The first kappa shape index (κ1) is 10.9. The van der Waals surface area contributed by atoms with Crippen LogP contribution >= 0.6 is 11.3 Å². The summed E-state index contributed by atoms with van der Waals surface area (Å²) in [5.74, 6) is -0.0324. The summed E-state index contributed by atoms with van der Waals surface area (Å²) in [5, 5.41) is 10.6. The number of thiophene rings is 1. The summed E-state index contributed by atoms with van der Waals surface area (Å²) >= 11 is 1.55. The second kappa shape index (κ2) is 3.99. The molecule has 96 valence electrons. The van der Waals surface area contributed by atoms with Crippen LogP contribution in [0.1, 0.15) is 21.7 Å². The molecule has 3 heterocycles. The van der Waals surface area contributed by atoms with Crippen molar-refractivity contribution in [3.8, 4) is 0 Å². The van der Waals surface area contributed by atoms with Crippen LogP contribution in [0.4, 0.5) is 11.4 Å². The number of aryl methyl sites for hydroxylation is 1. The Hall–Kier alpha value is -2.01. The third kappa shape index (κ3) is 1.55. The SMILES string of the molecule is O=C1NC=CNc2c1sc1ccc3c(c21)CCCN3. The Labute approximate surface area is 114 Å². The second-order valence-electron chi connectivity index (χ2n) is 4.75. The number of rotatable bonds is 0. The van der Waals surface area contributed by atoms with E-state index in [9.17, 15) is 4.79 Å². The first-order valence-corrected chi connectivity index (χ1v) is 7.21. The largest absolute Gasteiger partial charge is 0.385 e. The van der Waals surface area contributed by atoms with Gasteiger partial charge in [0.15, 0.2) is 0 Å². The zero-order valence-corrected chi connectivity index (χ0v) is 11.1. The van der Waals surface area contributed by atoms with Crippen molar-refractivity contribution in [1.29, 1.82) is 0 Å². The van der Waals surface area contributed by atoms with Gasteiger partial charge in [-0.3, -0.25) is 4.79 Å². The van der Waals surface area contributed by atoms with Crippen molar-refractivity contribution >= 4 is 38.7 Å². The third-order valence-electron chi connectivity index (χ3n) is 3.61. The lowest BCUT2D eigenvalue weighted by atomic mass is 9.98. The highest BCUT2D eigenvalue weighted by Gasteiger charge is 2.23. The van der Waals surface area contributed by atoms with Gasteiger partial charge >= 0.3 is 0 Å². The molecule has 0 saturated heterocycles. The van der Waals surface area contributed by atoms with E-state index in [-0.39, 0.29) is 5.91 Å². The number of hydrogen-bond acceptors (Lipinski definition) is 4. The highest BCUT2D eigenvalue weighted by Crippen LogP contribution is 2.42. The van der Waals surface area contributed by atoms with Crippen LogP contribution in [0.25, 0.3) is 10.1 Å². The molecule has 1 aromatic heterocycles. The molecule has 0 unspecified atom stereocenters. The number of nitrogens with one attached hydrogen (secondary N) is 3. The lowest BCUT2D eigenvalue weighted by Gasteiger charge is -2.19. The average Bonchev–Trinajstić information content (AvgIpc) is 2.73. The van der Waals surface area contributed by atoms with Gasteiger partial charge in [0.25, 0.3) is 5.91 Å². The van der Waals surface area contributed by atoms with Crippen LogP contribution in [-0.4, -0.2) is 12.5 Å². The Morgan fingerprint density at radius 1 is 1.16 bits per heavy atom. The summed E-state index contributed by atoms with van der Waals surface area (Å²) < 4.78 is 1.17. The van der Waals surface area contributed by atoms with Gasteiger partial charge in [0.05, 0.1) is 5.69 Å². The molecule has 5 heteroatoms. The number of fused-ring (bicyclic) bond motifs is 5. The molecule has 2 aliphatic rings. The molecule has 0 saturated carbocycles. The molecule has 19 heavy (non-hydrogen) atoms. The highest BCUT2D eigenvalue weighted by molar-refractivity contribution is 7.21. The summed E-state index contributed by atoms with van der Waals surface area (Å²) in [6, 6.07) is 4.23. The van der Waals surface area contributed by atoms with Crippen LogP contribution in [0.15, 0.2) is 24.5 Å². The Bertz CT molecular complexity index is 717. The standard InChI is InChI=1S/C14H13N3OS/c18-14-13-12(16-6-7-17-14)11-8-2-1-5-15-9(8)3-4-10(11)19-13/h3-4,6-7,15-16H,1-2,5H2,(H,17,18). The van der Waals surface area contributed by atoms with Gasteiger partial charge < -0.3 is 16.0 Å². The first-order chi connectivity index (χ1) is 9.34. The maximum atomic E-state index is 12.0. The number of carbonyl (C=O) groups excluding carboxylic acids is 1. The summed E-state index contributed by atoms with van der Waals surface area (Å²) in [7, 11) is 0. The number of benzene rings is 1. The number of amides is 1. The minimum absolute atomic E-state index is 0.0324. The van der Waals surface area contributed by atoms with E-state index in [4.69, 9.17) is 0 Å². The molecular formula is C14H13N3OS. The van der Waals surface area contributed by atoms with Crippen molar-refractivity contribution in [2.45, 2.75) is 12.8 Å². The van der Waals surface area contributed by atoms with Gasteiger partial charge in [-0.05, 0) is 30.5 Å². The molecule has 0 spiro atoms. The van der Waals surface area contributed by atoms with Gasteiger partial charge in [-0.15, -0.1) is 11.3 Å². The summed E-state index contributed by atoms with van der Waals surface area (Å²) in [6.45, 7) is 1.03. The Balaban J connectivity index is 2.06. The van der Waals surface area contributed by atoms with Crippen LogP contribution in [0.3, 0.4) is 0 Å². The van der Waals surface area contributed by atoms with Crippen molar-refractivity contribution in [3.05, 3.63) is 35.0 Å². The van der Waals surface area contributed by atoms with Crippen LogP contribution in [0.5, 0.6) is 0 Å². The van der Waals surface area contributed by atoms with Crippen LogP contribution in [0.2, 0.25) is 0 Å². The molecule has 2 aromatic rings. The van der Waals surface area contributed by atoms with E-state index in [1.807, 2.05) is 0 Å². The van der Waals surface area contributed by atoms with E-state index in [0.29, 0.717) is 0 Å². The fraction of sp³-hybridized carbons (Fsp3) is 0.214. The van der Waals surface area contributed by atoms with E-state index in [0.717, 1.165) is 30.0 Å². The molecule has 0 fully saturated rings. The van der Waals surface area contributed by atoms with Gasteiger partial charge in [-0.1, -0.05) is 0 Å². The van der Waals surface area contributed by atoms with Gasteiger partial charge in [0.1, 0.15) is 4.88 Å². The second-order valence-corrected chi connectivity index (χ2v) is 5.80. The van der Waals surface area contributed by atoms with Gasteiger partial charge in [-0.2, -0.15) is 0 Å². The highest BCUT2D eigenvalue weighted by atomic mass is 32.1. The fourth-order valence-electron chi connectivity index (χ4n) is 2.78. The molecular weight excluding hydrogens is 258 g/mol. The molecule has 1 amide bonds. The van der Waals surface area contributed by atoms with Crippen molar-refractivity contribution in [2.75, 3.05) is 17.2 Å². The molecule has 3 N–H and O–H groups in total. The minimum Gasteiger partial charge on any atom is -0.385 e. The number of anilines is 2. The van der Waals surface area contributed by atoms with Gasteiger partial charge in [0, 0.05) is 34.7 Å². The van der Waals surface area contributed by atoms with Crippen molar-refractivity contribution in [1.82, 2.24) is 5.32 Å². The maximum absolute atomic E-state index is 12.0. The molecule has 4 rings (SSSR count).